The van der Waals surface area contributed by atoms with Gasteiger partial charge in [-0.2, -0.15) is 0 Å². The van der Waals surface area contributed by atoms with Gasteiger partial charge in [-0.05, 0) is 37.8 Å². The lowest BCUT2D eigenvalue weighted by Crippen LogP contribution is -2.29. The molecule has 0 bridgehead atoms. The average Bonchev–Trinajstić information content (AvgIpc) is 3.10. The molecule has 0 fully saturated rings. The Morgan fingerprint density at radius 1 is 1.53 bits per heavy atom. The third-order valence-corrected chi connectivity index (χ3v) is 5.19. The van der Waals surface area contributed by atoms with Gasteiger partial charge in [-0.25, -0.2) is 4.98 Å². The molecule has 2 heterocycles. The molecule has 2 aromatic heterocycles. The van der Waals surface area contributed by atoms with E-state index >= 15 is 0 Å². The number of hydrazine groups is 1. The molecule has 0 saturated heterocycles. The van der Waals surface area contributed by atoms with Crippen molar-refractivity contribution in [2.45, 2.75) is 45.2 Å². The minimum absolute atomic E-state index is 0.170. The van der Waals surface area contributed by atoms with Crippen LogP contribution in [0.25, 0.3) is 0 Å². The van der Waals surface area contributed by atoms with E-state index < -0.39 is 0 Å². The lowest BCUT2D eigenvalue weighted by molar-refractivity contribution is 0.530. The van der Waals surface area contributed by atoms with Crippen LogP contribution in [0.3, 0.4) is 0 Å². The van der Waals surface area contributed by atoms with Gasteiger partial charge in [0.1, 0.15) is 5.82 Å². The fourth-order valence-electron chi connectivity index (χ4n) is 2.77. The van der Waals surface area contributed by atoms with Crippen LogP contribution < -0.4 is 11.3 Å². The van der Waals surface area contributed by atoms with Crippen molar-refractivity contribution < 1.29 is 0 Å². The summed E-state index contributed by atoms with van der Waals surface area (Å²) in [6.45, 7) is 3.09. The molecule has 1 aliphatic rings. The Labute approximate surface area is 117 Å². The Balaban J connectivity index is 1.80. The quantitative estimate of drug-likeness (QED) is 0.650. The largest absolute Gasteiger partial charge is 0.335 e. The molecule has 0 radical (unpaired) electrons. The first-order valence-electron chi connectivity index (χ1n) is 6.89. The van der Waals surface area contributed by atoms with Crippen LogP contribution in [0.4, 0.5) is 0 Å². The van der Waals surface area contributed by atoms with Crippen molar-refractivity contribution in [1.29, 1.82) is 0 Å². The number of hydrogen-bond acceptors (Lipinski definition) is 4. The maximum absolute atomic E-state index is 5.75. The van der Waals surface area contributed by atoms with E-state index in [0.29, 0.717) is 0 Å². The van der Waals surface area contributed by atoms with Crippen molar-refractivity contribution >= 4 is 11.3 Å². The summed E-state index contributed by atoms with van der Waals surface area (Å²) >= 11 is 1.91. The second-order valence-corrected chi connectivity index (χ2v) is 6.17. The summed E-state index contributed by atoms with van der Waals surface area (Å²) in [5.41, 5.74) is 4.48. The Morgan fingerprint density at radius 2 is 2.42 bits per heavy atom. The fraction of sp³-hybridized carbons (Fsp3) is 0.500. The first-order valence-corrected chi connectivity index (χ1v) is 7.71. The van der Waals surface area contributed by atoms with Gasteiger partial charge in [0.25, 0.3) is 0 Å². The highest BCUT2D eigenvalue weighted by Gasteiger charge is 2.20. The minimum atomic E-state index is 0.170. The molecule has 0 aromatic carbocycles. The number of hydrogen-bond donors (Lipinski definition) is 2. The topological polar surface area (TPSA) is 55.9 Å². The molecule has 1 atom stereocenters. The first kappa shape index (κ1) is 12.8. The van der Waals surface area contributed by atoms with Gasteiger partial charge >= 0.3 is 0 Å². The van der Waals surface area contributed by atoms with Crippen molar-refractivity contribution in [3.63, 3.8) is 0 Å². The second kappa shape index (κ2) is 5.45. The Kier molecular flexibility index (Phi) is 3.68. The Bertz CT molecular complexity index is 536. The van der Waals surface area contributed by atoms with Crippen LogP contribution in [0.5, 0.6) is 0 Å². The summed E-state index contributed by atoms with van der Waals surface area (Å²) in [5, 5.41) is 0. The zero-order valence-electron chi connectivity index (χ0n) is 11.2. The molecule has 2 aromatic rings. The van der Waals surface area contributed by atoms with Gasteiger partial charge in [-0.15, -0.1) is 11.3 Å². The molecule has 5 heteroatoms. The van der Waals surface area contributed by atoms with Gasteiger partial charge in [0.05, 0.1) is 6.04 Å². The summed E-state index contributed by atoms with van der Waals surface area (Å²) in [4.78, 5) is 7.33. The number of imidazole rings is 1. The second-order valence-electron chi connectivity index (χ2n) is 5.00. The van der Waals surface area contributed by atoms with Crippen molar-refractivity contribution in [2.75, 3.05) is 0 Å². The SMILES string of the molecule is CCn1ccnc1CC(NN)c1cc2c(s1)CCC2. The first-order chi connectivity index (χ1) is 9.31. The fourth-order valence-corrected chi connectivity index (χ4v) is 4.08. The highest BCUT2D eigenvalue weighted by molar-refractivity contribution is 7.12. The number of aromatic nitrogens is 2. The number of rotatable bonds is 5. The maximum Gasteiger partial charge on any atom is 0.110 e. The molecule has 0 aliphatic heterocycles. The predicted molar refractivity (Wildman–Crippen MR) is 78.0 cm³/mol. The van der Waals surface area contributed by atoms with E-state index in [-0.39, 0.29) is 6.04 Å². The molecule has 102 valence electrons. The molecule has 3 rings (SSSR count). The van der Waals surface area contributed by atoms with Crippen LogP contribution in [0, 0.1) is 0 Å². The van der Waals surface area contributed by atoms with Gasteiger partial charge in [0.15, 0.2) is 0 Å². The van der Waals surface area contributed by atoms with E-state index in [1.807, 2.05) is 23.7 Å². The molecular weight excluding hydrogens is 256 g/mol. The number of nitrogens with zero attached hydrogens (tertiary/aromatic N) is 2. The number of nitrogens with two attached hydrogens (primary N) is 1. The lowest BCUT2D eigenvalue weighted by atomic mass is 10.1. The number of aryl methyl sites for hydroxylation is 3. The zero-order valence-corrected chi connectivity index (χ0v) is 12.0. The van der Waals surface area contributed by atoms with Crippen LogP contribution in [-0.2, 0) is 25.8 Å². The zero-order chi connectivity index (χ0) is 13.2. The molecule has 3 N–H and O–H groups in total. The van der Waals surface area contributed by atoms with Gasteiger partial charge in [0.2, 0.25) is 0 Å². The summed E-state index contributed by atoms with van der Waals surface area (Å²) in [6, 6.07) is 2.50. The van der Waals surface area contributed by atoms with Crippen LogP contribution in [0.2, 0.25) is 0 Å². The van der Waals surface area contributed by atoms with E-state index in [2.05, 4.69) is 28.0 Å². The van der Waals surface area contributed by atoms with Crippen LogP contribution >= 0.6 is 11.3 Å². The normalized spacial score (nSPS) is 15.7. The van der Waals surface area contributed by atoms with E-state index in [4.69, 9.17) is 5.84 Å². The summed E-state index contributed by atoms with van der Waals surface area (Å²) in [5.74, 6) is 6.85. The molecule has 0 saturated carbocycles. The highest BCUT2D eigenvalue weighted by Crippen LogP contribution is 2.34. The van der Waals surface area contributed by atoms with Crippen molar-refractivity contribution in [1.82, 2.24) is 15.0 Å². The van der Waals surface area contributed by atoms with Crippen LogP contribution in [0.15, 0.2) is 18.5 Å². The summed E-state index contributed by atoms with van der Waals surface area (Å²) < 4.78 is 2.17. The highest BCUT2D eigenvalue weighted by atomic mass is 32.1. The van der Waals surface area contributed by atoms with Gasteiger partial charge < -0.3 is 4.57 Å². The molecule has 19 heavy (non-hydrogen) atoms. The molecule has 0 spiro atoms. The monoisotopic (exact) mass is 276 g/mol. The third kappa shape index (κ3) is 2.45. The third-order valence-electron chi connectivity index (χ3n) is 3.84. The Hall–Kier alpha value is -1.17. The maximum atomic E-state index is 5.75. The predicted octanol–water partition coefficient (Wildman–Crippen LogP) is 2.20. The van der Waals surface area contributed by atoms with Crippen molar-refractivity contribution in [2.24, 2.45) is 5.84 Å². The van der Waals surface area contributed by atoms with E-state index in [9.17, 15) is 0 Å². The molecule has 4 nitrogen and oxygen atoms in total. The molecular formula is C14H20N4S. The van der Waals surface area contributed by atoms with Crippen LogP contribution in [-0.4, -0.2) is 9.55 Å². The van der Waals surface area contributed by atoms with Crippen molar-refractivity contribution in [3.8, 4) is 0 Å². The van der Waals surface area contributed by atoms with E-state index in [1.54, 1.807) is 4.88 Å². The van der Waals surface area contributed by atoms with Gasteiger partial charge in [-0.1, -0.05) is 0 Å². The van der Waals surface area contributed by atoms with Crippen LogP contribution in [0.1, 0.15) is 40.5 Å². The molecule has 1 aliphatic carbocycles. The smallest absolute Gasteiger partial charge is 0.110 e. The minimum Gasteiger partial charge on any atom is -0.335 e. The lowest BCUT2D eigenvalue weighted by Gasteiger charge is -2.14. The van der Waals surface area contributed by atoms with Gasteiger partial charge in [-0.3, -0.25) is 11.3 Å². The molecule has 1 unspecified atom stereocenters. The number of nitrogens with one attached hydrogen (secondary N) is 1. The Morgan fingerprint density at radius 3 is 3.16 bits per heavy atom. The summed E-state index contributed by atoms with van der Waals surface area (Å²) in [6.07, 6.45) is 8.50. The number of fused-ring (bicyclic) bond motifs is 1. The standard InChI is InChI=1S/C14H20N4S/c1-2-18-7-6-16-14(18)9-11(17-15)13-8-10-4-3-5-12(10)19-13/h6-8,11,17H,2-5,9,15H2,1H3. The van der Waals surface area contributed by atoms with Gasteiger partial charge in [0, 0.05) is 35.1 Å². The average molecular weight is 276 g/mol. The van der Waals surface area contributed by atoms with E-state index in [0.717, 1.165) is 18.8 Å². The van der Waals surface area contributed by atoms with Crippen molar-refractivity contribution in [3.05, 3.63) is 39.6 Å². The molecule has 0 amide bonds. The van der Waals surface area contributed by atoms with E-state index in [1.165, 1.54) is 29.7 Å². The summed E-state index contributed by atoms with van der Waals surface area (Å²) in [7, 11) is 0. The number of thiophene rings is 1.